The van der Waals surface area contributed by atoms with Gasteiger partial charge in [-0.25, -0.2) is 9.78 Å². The first kappa shape index (κ1) is 12.4. The zero-order chi connectivity index (χ0) is 12.0. The van der Waals surface area contributed by atoms with E-state index in [1.807, 2.05) is 6.92 Å². The van der Waals surface area contributed by atoms with Crippen molar-refractivity contribution < 1.29 is 14.6 Å². The summed E-state index contributed by atoms with van der Waals surface area (Å²) in [7, 11) is 1.32. The highest BCUT2D eigenvalue weighted by Gasteiger charge is 2.08. The third kappa shape index (κ3) is 3.51. The number of nitrogens with zero attached hydrogens (tertiary/aromatic N) is 1. The van der Waals surface area contributed by atoms with Gasteiger partial charge in [0.05, 0.1) is 7.11 Å². The first-order valence-electron chi connectivity index (χ1n) is 5.09. The van der Waals surface area contributed by atoms with Crippen LogP contribution in [0.15, 0.2) is 18.3 Å². The predicted octanol–water partition coefficient (Wildman–Crippen LogP) is 1.05. The van der Waals surface area contributed by atoms with Crippen LogP contribution in [-0.2, 0) is 4.74 Å². The van der Waals surface area contributed by atoms with Gasteiger partial charge in [0, 0.05) is 24.5 Å². The van der Waals surface area contributed by atoms with Crippen molar-refractivity contribution in [3.8, 4) is 0 Å². The van der Waals surface area contributed by atoms with E-state index in [2.05, 4.69) is 15.0 Å². The topological polar surface area (TPSA) is 71.5 Å². The van der Waals surface area contributed by atoms with Crippen LogP contribution in [0.4, 0.5) is 5.69 Å². The molecule has 16 heavy (non-hydrogen) atoms. The van der Waals surface area contributed by atoms with E-state index in [1.165, 1.54) is 7.11 Å². The van der Waals surface area contributed by atoms with Gasteiger partial charge in [-0.15, -0.1) is 0 Å². The van der Waals surface area contributed by atoms with Crippen LogP contribution in [0.1, 0.15) is 23.8 Å². The standard InChI is InChI=1S/C11H16N2O3/c1-8(4-6-14)13-9-3-5-12-10(7-9)11(15)16-2/h3,5,7-8,14H,4,6H2,1-2H3,(H,12,13). The van der Waals surface area contributed by atoms with Crippen molar-refractivity contribution >= 4 is 11.7 Å². The summed E-state index contributed by atoms with van der Waals surface area (Å²) in [4.78, 5) is 15.1. The van der Waals surface area contributed by atoms with Crippen LogP contribution >= 0.6 is 0 Å². The fourth-order valence-corrected chi connectivity index (χ4v) is 1.29. The van der Waals surface area contributed by atoms with Crippen molar-refractivity contribution in [1.29, 1.82) is 0 Å². The van der Waals surface area contributed by atoms with E-state index in [-0.39, 0.29) is 18.3 Å². The maximum absolute atomic E-state index is 11.2. The van der Waals surface area contributed by atoms with Crippen LogP contribution in [0.2, 0.25) is 0 Å². The first-order valence-corrected chi connectivity index (χ1v) is 5.09. The molecule has 0 amide bonds. The SMILES string of the molecule is COC(=O)c1cc(NC(C)CCO)ccn1. The number of pyridine rings is 1. The van der Waals surface area contributed by atoms with Gasteiger partial charge in [-0.05, 0) is 25.5 Å². The summed E-state index contributed by atoms with van der Waals surface area (Å²) < 4.78 is 4.57. The molecule has 0 aromatic carbocycles. The van der Waals surface area contributed by atoms with Gasteiger partial charge in [-0.3, -0.25) is 0 Å². The number of carbonyl (C=O) groups is 1. The molecule has 0 radical (unpaired) electrons. The van der Waals surface area contributed by atoms with Crippen molar-refractivity contribution in [2.75, 3.05) is 19.0 Å². The van der Waals surface area contributed by atoms with E-state index < -0.39 is 5.97 Å². The third-order valence-corrected chi connectivity index (χ3v) is 2.13. The van der Waals surface area contributed by atoms with Crippen molar-refractivity contribution in [3.05, 3.63) is 24.0 Å². The fraction of sp³-hybridized carbons (Fsp3) is 0.455. The molecular weight excluding hydrogens is 208 g/mol. The zero-order valence-corrected chi connectivity index (χ0v) is 9.43. The molecular formula is C11H16N2O3. The van der Waals surface area contributed by atoms with Crippen molar-refractivity contribution in [2.24, 2.45) is 0 Å². The highest BCUT2D eigenvalue weighted by molar-refractivity contribution is 5.88. The van der Waals surface area contributed by atoms with Gasteiger partial charge in [0.15, 0.2) is 0 Å². The maximum Gasteiger partial charge on any atom is 0.356 e. The van der Waals surface area contributed by atoms with Gasteiger partial charge in [0.2, 0.25) is 0 Å². The number of methoxy groups -OCH3 is 1. The summed E-state index contributed by atoms with van der Waals surface area (Å²) in [5, 5.41) is 11.9. The Bertz CT molecular complexity index is 355. The average Bonchev–Trinajstić information content (AvgIpc) is 2.28. The van der Waals surface area contributed by atoms with Gasteiger partial charge in [-0.1, -0.05) is 0 Å². The van der Waals surface area contributed by atoms with Crippen LogP contribution < -0.4 is 5.32 Å². The minimum Gasteiger partial charge on any atom is -0.464 e. The summed E-state index contributed by atoms with van der Waals surface area (Å²) in [5.74, 6) is -0.460. The Morgan fingerprint density at radius 1 is 1.69 bits per heavy atom. The van der Waals surface area contributed by atoms with Crippen LogP contribution in [0.25, 0.3) is 0 Å². The van der Waals surface area contributed by atoms with Gasteiger partial charge in [0.25, 0.3) is 0 Å². The number of aliphatic hydroxyl groups excluding tert-OH is 1. The summed E-state index contributed by atoms with van der Waals surface area (Å²) in [6, 6.07) is 3.53. The van der Waals surface area contributed by atoms with Crippen LogP contribution in [-0.4, -0.2) is 35.8 Å². The molecule has 1 atom stereocenters. The second-order valence-corrected chi connectivity index (χ2v) is 3.48. The molecule has 1 rings (SSSR count). The minimum atomic E-state index is -0.460. The smallest absolute Gasteiger partial charge is 0.356 e. The molecule has 0 saturated heterocycles. The maximum atomic E-state index is 11.2. The number of carbonyl (C=O) groups excluding carboxylic acids is 1. The van der Waals surface area contributed by atoms with Gasteiger partial charge in [0.1, 0.15) is 5.69 Å². The molecule has 2 N–H and O–H groups in total. The second kappa shape index (κ2) is 6.07. The van der Waals surface area contributed by atoms with E-state index in [9.17, 15) is 4.79 Å². The summed E-state index contributed by atoms with van der Waals surface area (Å²) in [6.45, 7) is 2.08. The number of rotatable bonds is 5. The number of hydrogen-bond acceptors (Lipinski definition) is 5. The number of aromatic nitrogens is 1. The molecule has 0 bridgehead atoms. The Kier molecular flexibility index (Phi) is 4.72. The summed E-state index contributed by atoms with van der Waals surface area (Å²) in [6.07, 6.45) is 2.19. The molecule has 88 valence electrons. The molecule has 1 unspecified atom stereocenters. The minimum absolute atomic E-state index is 0.128. The average molecular weight is 224 g/mol. The molecule has 1 aromatic heterocycles. The van der Waals surface area contributed by atoms with E-state index in [4.69, 9.17) is 5.11 Å². The highest BCUT2D eigenvalue weighted by atomic mass is 16.5. The summed E-state index contributed by atoms with van der Waals surface area (Å²) in [5.41, 5.74) is 1.06. The van der Waals surface area contributed by atoms with E-state index >= 15 is 0 Å². The van der Waals surface area contributed by atoms with E-state index in [0.717, 1.165) is 5.69 Å². The Balaban J connectivity index is 2.70. The molecule has 0 aliphatic rings. The van der Waals surface area contributed by atoms with Crippen LogP contribution in [0, 0.1) is 0 Å². The Labute approximate surface area is 94.5 Å². The number of aliphatic hydroxyl groups is 1. The number of hydrogen-bond donors (Lipinski definition) is 2. The monoisotopic (exact) mass is 224 g/mol. The predicted molar refractivity (Wildman–Crippen MR) is 60.4 cm³/mol. The molecule has 0 aliphatic carbocycles. The third-order valence-electron chi connectivity index (χ3n) is 2.13. The number of ether oxygens (including phenoxy) is 1. The normalized spacial score (nSPS) is 11.9. The van der Waals surface area contributed by atoms with Crippen LogP contribution in [0.5, 0.6) is 0 Å². The molecule has 5 nitrogen and oxygen atoms in total. The number of anilines is 1. The number of nitrogens with one attached hydrogen (secondary N) is 1. The lowest BCUT2D eigenvalue weighted by molar-refractivity contribution is 0.0594. The Hall–Kier alpha value is -1.62. The lowest BCUT2D eigenvalue weighted by atomic mass is 10.2. The van der Waals surface area contributed by atoms with Crippen molar-refractivity contribution in [2.45, 2.75) is 19.4 Å². The first-order chi connectivity index (χ1) is 7.67. The molecule has 1 heterocycles. The largest absolute Gasteiger partial charge is 0.464 e. The molecule has 0 spiro atoms. The molecule has 0 fully saturated rings. The molecule has 0 saturated carbocycles. The molecule has 5 heteroatoms. The van der Waals surface area contributed by atoms with Gasteiger partial charge < -0.3 is 15.2 Å². The van der Waals surface area contributed by atoms with Crippen molar-refractivity contribution in [3.63, 3.8) is 0 Å². The fourth-order valence-electron chi connectivity index (χ4n) is 1.29. The summed E-state index contributed by atoms with van der Waals surface area (Å²) >= 11 is 0. The lowest BCUT2D eigenvalue weighted by Gasteiger charge is -2.13. The van der Waals surface area contributed by atoms with Crippen LogP contribution in [0.3, 0.4) is 0 Å². The van der Waals surface area contributed by atoms with Gasteiger partial charge >= 0.3 is 5.97 Å². The Morgan fingerprint density at radius 2 is 2.44 bits per heavy atom. The second-order valence-electron chi connectivity index (χ2n) is 3.48. The quantitative estimate of drug-likeness (QED) is 0.731. The van der Waals surface area contributed by atoms with E-state index in [1.54, 1.807) is 18.3 Å². The lowest BCUT2D eigenvalue weighted by Crippen LogP contribution is -2.17. The Morgan fingerprint density at radius 3 is 3.06 bits per heavy atom. The molecule has 0 aliphatic heterocycles. The van der Waals surface area contributed by atoms with Crippen molar-refractivity contribution in [1.82, 2.24) is 4.98 Å². The number of esters is 1. The van der Waals surface area contributed by atoms with E-state index in [0.29, 0.717) is 6.42 Å². The van der Waals surface area contributed by atoms with Gasteiger partial charge in [-0.2, -0.15) is 0 Å². The highest BCUT2D eigenvalue weighted by Crippen LogP contribution is 2.11. The zero-order valence-electron chi connectivity index (χ0n) is 9.43. The molecule has 1 aromatic rings.